The average molecular weight is 526 g/mol. The lowest BCUT2D eigenvalue weighted by Crippen LogP contribution is -2.57. The lowest BCUT2D eigenvalue weighted by molar-refractivity contribution is -0.132. The van der Waals surface area contributed by atoms with E-state index < -0.39 is 27.0 Å². The molecule has 10 heteroatoms. The number of nitrogens with zero attached hydrogens (tertiary/aromatic N) is 2. The number of sulfone groups is 1. The Hall–Kier alpha value is -3.50. The third-order valence-corrected chi connectivity index (χ3v) is 8.88. The summed E-state index contributed by atoms with van der Waals surface area (Å²) in [6.45, 7) is 4.53. The van der Waals surface area contributed by atoms with Crippen molar-refractivity contribution in [2.75, 3.05) is 26.2 Å². The lowest BCUT2D eigenvalue weighted by atomic mass is 10.1. The van der Waals surface area contributed by atoms with Gasteiger partial charge in [-0.3, -0.25) is 14.4 Å². The molecule has 1 aromatic heterocycles. The molecule has 1 fully saturated rings. The first-order valence-electron chi connectivity index (χ1n) is 11.5. The molecule has 0 unspecified atom stereocenters. The normalized spacial score (nSPS) is 14.8. The second-order valence-corrected chi connectivity index (χ2v) is 11.6. The smallest absolute Gasteiger partial charge is 0.262 e. The fourth-order valence-corrected chi connectivity index (χ4v) is 6.10. The summed E-state index contributed by atoms with van der Waals surface area (Å²) in [4.78, 5) is 42.6. The third-order valence-electron chi connectivity index (χ3n) is 6.15. The fraction of sp³-hybridized carbons (Fsp3) is 0.269. The van der Waals surface area contributed by atoms with Crippen LogP contribution in [-0.4, -0.2) is 67.5 Å². The zero-order chi connectivity index (χ0) is 25.9. The van der Waals surface area contributed by atoms with E-state index in [0.717, 1.165) is 22.5 Å². The van der Waals surface area contributed by atoms with Gasteiger partial charge in [-0.15, -0.1) is 11.3 Å². The molecule has 188 valence electrons. The summed E-state index contributed by atoms with van der Waals surface area (Å²) >= 11 is 1.16. The zero-order valence-electron chi connectivity index (χ0n) is 20.0. The van der Waals surface area contributed by atoms with E-state index >= 15 is 0 Å². The Kier molecular flexibility index (Phi) is 7.56. The first kappa shape index (κ1) is 25.6. The van der Waals surface area contributed by atoms with Crippen molar-refractivity contribution in [2.45, 2.75) is 24.1 Å². The van der Waals surface area contributed by atoms with Crippen LogP contribution >= 0.6 is 11.3 Å². The summed E-state index contributed by atoms with van der Waals surface area (Å²) < 4.78 is 27.0. The van der Waals surface area contributed by atoms with Gasteiger partial charge in [0.2, 0.25) is 15.2 Å². The molecule has 8 nitrogen and oxygen atoms in total. The van der Waals surface area contributed by atoms with Crippen molar-refractivity contribution < 1.29 is 22.8 Å². The Morgan fingerprint density at radius 1 is 0.861 bits per heavy atom. The number of nitrogens with one attached hydrogen (secondary N) is 1. The van der Waals surface area contributed by atoms with E-state index in [1.807, 2.05) is 26.0 Å². The molecule has 0 aliphatic carbocycles. The molecule has 0 spiro atoms. The summed E-state index contributed by atoms with van der Waals surface area (Å²) in [5.74, 6) is -1.48. The van der Waals surface area contributed by atoms with Crippen LogP contribution in [0.1, 0.15) is 31.2 Å². The van der Waals surface area contributed by atoms with E-state index in [1.165, 1.54) is 17.0 Å². The maximum Gasteiger partial charge on any atom is 0.262 e. The van der Waals surface area contributed by atoms with Gasteiger partial charge < -0.3 is 15.1 Å². The van der Waals surface area contributed by atoms with Crippen LogP contribution in [0.5, 0.6) is 0 Å². The highest BCUT2D eigenvalue weighted by atomic mass is 32.2. The molecule has 3 aromatic rings. The molecule has 0 bridgehead atoms. The summed E-state index contributed by atoms with van der Waals surface area (Å²) in [6, 6.07) is 16.7. The first-order chi connectivity index (χ1) is 17.2. The van der Waals surface area contributed by atoms with Crippen molar-refractivity contribution in [3.63, 3.8) is 0 Å². The molecule has 0 radical (unpaired) electrons. The van der Waals surface area contributed by atoms with Crippen LogP contribution in [0.2, 0.25) is 0 Å². The van der Waals surface area contributed by atoms with Gasteiger partial charge in [-0.25, -0.2) is 8.42 Å². The van der Waals surface area contributed by atoms with Crippen molar-refractivity contribution in [3.05, 3.63) is 87.6 Å². The minimum absolute atomic E-state index is 0.0497. The van der Waals surface area contributed by atoms with Gasteiger partial charge in [-0.1, -0.05) is 42.0 Å². The quantitative estimate of drug-likeness (QED) is 0.533. The van der Waals surface area contributed by atoms with Gasteiger partial charge in [0.25, 0.3) is 17.7 Å². The van der Waals surface area contributed by atoms with E-state index in [9.17, 15) is 22.8 Å². The third kappa shape index (κ3) is 5.34. The number of hydrogen-bond donors (Lipinski definition) is 1. The summed E-state index contributed by atoms with van der Waals surface area (Å²) in [6.07, 6.45) is 0. The van der Waals surface area contributed by atoms with Crippen molar-refractivity contribution in [1.82, 2.24) is 15.1 Å². The van der Waals surface area contributed by atoms with Gasteiger partial charge in [-0.2, -0.15) is 0 Å². The van der Waals surface area contributed by atoms with E-state index in [2.05, 4.69) is 5.32 Å². The zero-order valence-corrected chi connectivity index (χ0v) is 21.6. The van der Waals surface area contributed by atoms with E-state index in [1.54, 1.807) is 46.7 Å². The van der Waals surface area contributed by atoms with E-state index in [-0.39, 0.29) is 37.0 Å². The number of benzene rings is 2. The summed E-state index contributed by atoms with van der Waals surface area (Å²) in [7, 11) is -4.23. The molecule has 1 atom stereocenters. The van der Waals surface area contributed by atoms with Gasteiger partial charge >= 0.3 is 0 Å². The lowest BCUT2D eigenvalue weighted by Gasteiger charge is -2.36. The fourth-order valence-electron chi connectivity index (χ4n) is 4.01. The number of aryl methyl sites for hydroxylation is 2. The molecule has 36 heavy (non-hydrogen) atoms. The Balaban J connectivity index is 1.54. The van der Waals surface area contributed by atoms with Crippen LogP contribution in [0.15, 0.2) is 70.9 Å². The molecule has 4 rings (SSSR count). The Morgan fingerprint density at radius 3 is 2.11 bits per heavy atom. The molecule has 3 amide bonds. The maximum absolute atomic E-state index is 13.5. The first-order valence-corrected chi connectivity index (χ1v) is 13.9. The van der Waals surface area contributed by atoms with Crippen LogP contribution in [0.3, 0.4) is 0 Å². The Labute approximate surface area is 214 Å². The van der Waals surface area contributed by atoms with Gasteiger partial charge in [0, 0.05) is 31.7 Å². The van der Waals surface area contributed by atoms with Gasteiger partial charge in [0.05, 0.1) is 9.77 Å². The Bertz CT molecular complexity index is 1360. The molecule has 1 saturated heterocycles. The van der Waals surface area contributed by atoms with Crippen molar-refractivity contribution in [3.8, 4) is 0 Å². The van der Waals surface area contributed by atoms with Crippen molar-refractivity contribution in [2.24, 2.45) is 0 Å². The minimum atomic E-state index is -4.23. The number of hydrogen-bond acceptors (Lipinski definition) is 6. The molecule has 0 saturated carbocycles. The second kappa shape index (κ2) is 10.6. The molecular formula is C26H27N3O5S2. The minimum Gasteiger partial charge on any atom is -0.336 e. The highest BCUT2D eigenvalue weighted by molar-refractivity contribution is 7.92. The van der Waals surface area contributed by atoms with Gasteiger partial charge in [0.15, 0.2) is 0 Å². The molecule has 1 aliphatic rings. The molecule has 2 aromatic carbocycles. The molecule has 1 aliphatic heterocycles. The second-order valence-electron chi connectivity index (χ2n) is 8.62. The number of rotatable bonds is 6. The maximum atomic E-state index is 13.5. The SMILES string of the molecule is Cc1ccc(S(=O)(=O)[C@H](NC(=O)c2cccs2)C(=O)N2CCN(C(=O)c3ccccc3C)CC2)cc1. The molecule has 2 heterocycles. The topological polar surface area (TPSA) is 104 Å². The number of amides is 3. The van der Waals surface area contributed by atoms with Crippen molar-refractivity contribution in [1.29, 1.82) is 0 Å². The molecular weight excluding hydrogens is 498 g/mol. The predicted octanol–water partition coefficient (Wildman–Crippen LogP) is 2.88. The average Bonchev–Trinajstić information content (AvgIpc) is 3.42. The molecule has 1 N–H and O–H groups in total. The van der Waals surface area contributed by atoms with Crippen LogP contribution in [0.25, 0.3) is 0 Å². The summed E-state index contributed by atoms with van der Waals surface area (Å²) in [5.41, 5.74) is 2.33. The van der Waals surface area contributed by atoms with Gasteiger partial charge in [0.1, 0.15) is 0 Å². The monoisotopic (exact) mass is 525 g/mol. The van der Waals surface area contributed by atoms with Gasteiger partial charge in [-0.05, 0) is 49.1 Å². The van der Waals surface area contributed by atoms with Crippen molar-refractivity contribution >= 4 is 38.9 Å². The van der Waals surface area contributed by atoms with Crippen LogP contribution in [-0.2, 0) is 14.6 Å². The number of carbonyl (C=O) groups excluding carboxylic acids is 3. The highest BCUT2D eigenvalue weighted by Gasteiger charge is 2.39. The van der Waals surface area contributed by atoms with Crippen LogP contribution in [0.4, 0.5) is 0 Å². The number of piperazine rings is 1. The number of thiophene rings is 1. The highest BCUT2D eigenvalue weighted by Crippen LogP contribution is 2.20. The largest absolute Gasteiger partial charge is 0.336 e. The number of carbonyl (C=O) groups is 3. The van der Waals surface area contributed by atoms with E-state index in [0.29, 0.717) is 10.4 Å². The Morgan fingerprint density at radius 2 is 1.50 bits per heavy atom. The van der Waals surface area contributed by atoms with E-state index in [4.69, 9.17) is 0 Å². The summed E-state index contributed by atoms with van der Waals surface area (Å²) in [5, 5.41) is 2.36. The predicted molar refractivity (Wildman–Crippen MR) is 138 cm³/mol. The van der Waals surface area contributed by atoms with Crippen LogP contribution < -0.4 is 5.32 Å². The standard InChI is InChI=1S/C26H27N3O5S2/c1-18-9-11-20(12-10-18)36(33,34)24(27-23(30)22-8-5-17-35-22)26(32)29-15-13-28(14-16-29)25(31)21-7-4-3-6-19(21)2/h3-12,17,24H,13-16H2,1-2H3,(H,27,30)/t24-/m0/s1. The van der Waals surface area contributed by atoms with Crippen LogP contribution in [0, 0.1) is 13.8 Å².